The molecule has 1 aromatic carbocycles. The number of amides is 4. The summed E-state index contributed by atoms with van der Waals surface area (Å²) < 4.78 is 1.68. The number of nitrogens with one attached hydrogen (secondary N) is 2. The third-order valence-corrected chi connectivity index (χ3v) is 7.99. The third-order valence-electron chi connectivity index (χ3n) is 6.75. The standard InChI is InChI=1S/C24H22ClN5O3S/c25-15-4-1-5-16(12-15)30-21(17-6-2-7-18(17)28-30)26-20(31)13-29-22(32)24(14-9-10-14,27-23(29)33)19-8-3-11-34-19/h1,3-5,8,11-12,14H,2,6-7,9-10,13H2,(H,26,31)(H,27,33). The van der Waals surface area contributed by atoms with Crippen LogP contribution in [-0.2, 0) is 28.0 Å². The lowest BCUT2D eigenvalue weighted by atomic mass is 9.91. The Morgan fingerprint density at radius 1 is 1.24 bits per heavy atom. The van der Waals surface area contributed by atoms with Gasteiger partial charge in [-0.05, 0) is 67.7 Å². The van der Waals surface area contributed by atoms with E-state index in [0.29, 0.717) is 10.8 Å². The highest BCUT2D eigenvalue weighted by Crippen LogP contribution is 2.50. The molecule has 0 bridgehead atoms. The van der Waals surface area contributed by atoms with Gasteiger partial charge in [0.25, 0.3) is 5.91 Å². The Kier molecular flexibility index (Phi) is 5.00. The molecule has 2 aliphatic carbocycles. The molecule has 1 unspecified atom stereocenters. The number of imide groups is 1. The van der Waals surface area contributed by atoms with Gasteiger partial charge in [0.05, 0.1) is 11.4 Å². The zero-order valence-electron chi connectivity index (χ0n) is 18.2. The Bertz CT molecular complexity index is 1320. The van der Waals surface area contributed by atoms with E-state index in [9.17, 15) is 14.4 Å². The van der Waals surface area contributed by atoms with Crippen molar-refractivity contribution in [1.82, 2.24) is 20.0 Å². The molecule has 1 saturated heterocycles. The number of carbonyl (C=O) groups excluding carboxylic acids is 3. The van der Waals surface area contributed by atoms with Crippen molar-refractivity contribution >= 4 is 46.6 Å². The minimum absolute atomic E-state index is 0.0585. The number of hydrogen-bond donors (Lipinski definition) is 2. The van der Waals surface area contributed by atoms with Gasteiger partial charge >= 0.3 is 6.03 Å². The number of carbonyl (C=O) groups is 3. The number of anilines is 1. The van der Waals surface area contributed by atoms with Gasteiger partial charge in [0.1, 0.15) is 12.4 Å². The first-order valence-corrected chi connectivity index (χ1v) is 12.6. The fourth-order valence-corrected chi connectivity index (χ4v) is 6.17. The SMILES string of the molecule is O=C(CN1C(=O)NC(c2cccs2)(C2CC2)C1=O)Nc1c2c(nn1-c1cccc(Cl)c1)CCC2. The zero-order valence-corrected chi connectivity index (χ0v) is 19.8. The van der Waals surface area contributed by atoms with Gasteiger partial charge in [0.2, 0.25) is 5.91 Å². The number of thiophene rings is 1. The predicted molar refractivity (Wildman–Crippen MR) is 128 cm³/mol. The monoisotopic (exact) mass is 495 g/mol. The number of hydrogen-bond acceptors (Lipinski definition) is 5. The second kappa shape index (κ2) is 7.95. The van der Waals surface area contributed by atoms with Gasteiger partial charge in [-0.25, -0.2) is 9.48 Å². The van der Waals surface area contributed by atoms with Crippen LogP contribution in [0.1, 0.15) is 35.4 Å². The minimum atomic E-state index is -1.06. The Morgan fingerprint density at radius 3 is 2.82 bits per heavy atom. The van der Waals surface area contributed by atoms with Gasteiger partial charge in [-0.3, -0.25) is 14.5 Å². The van der Waals surface area contributed by atoms with Crippen molar-refractivity contribution in [2.45, 2.75) is 37.6 Å². The number of fused-ring (bicyclic) bond motifs is 1. The number of rotatable bonds is 6. The summed E-state index contributed by atoms with van der Waals surface area (Å²) in [6.07, 6.45) is 4.35. The van der Waals surface area contributed by atoms with Gasteiger partial charge in [0, 0.05) is 15.5 Å². The molecular formula is C24H22ClN5O3S. The molecule has 10 heteroatoms. The molecule has 1 aliphatic heterocycles. The molecule has 1 atom stereocenters. The van der Waals surface area contributed by atoms with Crippen LogP contribution in [-0.4, -0.2) is 39.1 Å². The number of aryl methyl sites for hydroxylation is 1. The van der Waals surface area contributed by atoms with Crippen molar-refractivity contribution in [2.75, 3.05) is 11.9 Å². The summed E-state index contributed by atoms with van der Waals surface area (Å²) in [7, 11) is 0. The average Bonchev–Trinajstić information content (AvgIpc) is 3.14. The highest BCUT2D eigenvalue weighted by atomic mass is 35.5. The number of nitrogens with zero attached hydrogens (tertiary/aromatic N) is 3. The number of aromatic nitrogens is 2. The topological polar surface area (TPSA) is 96.3 Å². The minimum Gasteiger partial charge on any atom is -0.318 e. The van der Waals surface area contributed by atoms with Crippen molar-refractivity contribution in [3.63, 3.8) is 0 Å². The van der Waals surface area contributed by atoms with E-state index in [1.807, 2.05) is 29.6 Å². The van der Waals surface area contributed by atoms with E-state index in [-0.39, 0.29) is 18.4 Å². The fraction of sp³-hybridized carbons (Fsp3) is 0.333. The maximum Gasteiger partial charge on any atom is 0.325 e. The molecule has 2 N–H and O–H groups in total. The lowest BCUT2D eigenvalue weighted by molar-refractivity contribution is -0.134. The molecule has 2 aromatic heterocycles. The van der Waals surface area contributed by atoms with E-state index >= 15 is 0 Å². The first kappa shape index (κ1) is 21.4. The molecule has 0 spiro atoms. The Labute approximate surface area is 204 Å². The van der Waals surface area contributed by atoms with Gasteiger partial charge in [0.15, 0.2) is 5.54 Å². The van der Waals surface area contributed by atoms with Gasteiger partial charge in [-0.15, -0.1) is 11.3 Å². The average molecular weight is 496 g/mol. The Balaban J connectivity index is 1.27. The van der Waals surface area contributed by atoms with Crippen LogP contribution in [0.15, 0.2) is 41.8 Å². The second-order valence-electron chi connectivity index (χ2n) is 8.95. The second-order valence-corrected chi connectivity index (χ2v) is 10.3. The Hall–Kier alpha value is -3.17. The summed E-state index contributed by atoms with van der Waals surface area (Å²) in [5, 5.41) is 13.0. The largest absolute Gasteiger partial charge is 0.325 e. The van der Waals surface area contributed by atoms with Crippen LogP contribution in [0, 0.1) is 5.92 Å². The van der Waals surface area contributed by atoms with Crippen LogP contribution >= 0.6 is 22.9 Å². The molecule has 3 aliphatic rings. The third kappa shape index (κ3) is 3.33. The number of benzene rings is 1. The summed E-state index contributed by atoms with van der Waals surface area (Å²) >= 11 is 7.62. The molecule has 1 saturated carbocycles. The summed E-state index contributed by atoms with van der Waals surface area (Å²) in [6, 6.07) is 10.5. The van der Waals surface area contributed by atoms with E-state index < -0.39 is 17.5 Å². The van der Waals surface area contributed by atoms with Crippen LogP contribution in [0.25, 0.3) is 5.69 Å². The van der Waals surface area contributed by atoms with Crippen LogP contribution in [0.4, 0.5) is 10.6 Å². The molecule has 174 valence electrons. The summed E-state index contributed by atoms with van der Waals surface area (Å²) in [4.78, 5) is 41.4. The first-order chi connectivity index (χ1) is 16.5. The van der Waals surface area contributed by atoms with Gasteiger partial charge < -0.3 is 10.6 Å². The summed E-state index contributed by atoms with van der Waals surface area (Å²) in [5.74, 6) is -0.174. The van der Waals surface area contributed by atoms with Crippen LogP contribution in [0.2, 0.25) is 5.02 Å². The molecule has 6 rings (SSSR count). The highest BCUT2D eigenvalue weighted by molar-refractivity contribution is 7.10. The van der Waals surface area contributed by atoms with Crippen molar-refractivity contribution in [2.24, 2.45) is 5.92 Å². The first-order valence-electron chi connectivity index (χ1n) is 11.3. The molecule has 4 amide bonds. The van der Waals surface area contributed by atoms with E-state index in [1.54, 1.807) is 16.8 Å². The fourth-order valence-electron chi connectivity index (χ4n) is 5.03. The maximum absolute atomic E-state index is 13.5. The van der Waals surface area contributed by atoms with E-state index in [2.05, 4.69) is 10.6 Å². The van der Waals surface area contributed by atoms with E-state index in [1.165, 1.54) is 11.3 Å². The summed E-state index contributed by atoms with van der Waals surface area (Å²) in [5.41, 5.74) is 1.60. The van der Waals surface area contributed by atoms with Crippen LogP contribution < -0.4 is 10.6 Å². The Morgan fingerprint density at radius 2 is 2.09 bits per heavy atom. The lowest BCUT2D eigenvalue weighted by Crippen LogP contribution is -2.46. The van der Waals surface area contributed by atoms with Crippen molar-refractivity contribution in [3.8, 4) is 5.69 Å². The van der Waals surface area contributed by atoms with Crippen LogP contribution in [0.3, 0.4) is 0 Å². The zero-order chi connectivity index (χ0) is 23.4. The lowest BCUT2D eigenvalue weighted by Gasteiger charge is -2.25. The highest BCUT2D eigenvalue weighted by Gasteiger charge is 2.61. The number of halogens is 1. The smallest absolute Gasteiger partial charge is 0.318 e. The molecule has 3 aromatic rings. The van der Waals surface area contributed by atoms with Crippen molar-refractivity contribution in [3.05, 3.63) is 62.9 Å². The summed E-state index contributed by atoms with van der Waals surface area (Å²) in [6.45, 7) is -0.361. The maximum atomic E-state index is 13.5. The van der Waals surface area contributed by atoms with E-state index in [4.69, 9.17) is 16.7 Å². The molecule has 0 radical (unpaired) electrons. The number of urea groups is 1. The molecule has 34 heavy (non-hydrogen) atoms. The predicted octanol–water partition coefficient (Wildman–Crippen LogP) is 3.87. The molecule has 8 nitrogen and oxygen atoms in total. The van der Waals surface area contributed by atoms with Crippen LogP contribution in [0.5, 0.6) is 0 Å². The van der Waals surface area contributed by atoms with Crippen molar-refractivity contribution < 1.29 is 14.4 Å². The van der Waals surface area contributed by atoms with Gasteiger partial charge in [-0.1, -0.05) is 23.7 Å². The quantitative estimate of drug-likeness (QED) is 0.507. The molecular weight excluding hydrogens is 474 g/mol. The van der Waals surface area contributed by atoms with E-state index in [0.717, 1.165) is 58.8 Å². The molecule has 2 fully saturated rings. The van der Waals surface area contributed by atoms with Crippen molar-refractivity contribution in [1.29, 1.82) is 0 Å². The van der Waals surface area contributed by atoms with Gasteiger partial charge in [-0.2, -0.15) is 5.10 Å². The normalized spacial score (nSPS) is 21.6. The molecule has 3 heterocycles.